The molecule has 2 aromatic rings. The summed E-state index contributed by atoms with van der Waals surface area (Å²) in [5.41, 5.74) is 2.56. The Hall–Kier alpha value is -1.67. The number of Topliss-reactive ketones (excluding diaryl/α,β-unsaturated/α-hetero) is 2. The monoisotopic (exact) mass is 338 g/mol. The van der Waals surface area contributed by atoms with Crippen molar-refractivity contribution in [2.75, 3.05) is 12.4 Å². The highest BCUT2D eigenvalue weighted by molar-refractivity contribution is 8.02. The molecule has 2 aromatic heterocycles. The minimum absolute atomic E-state index is 0.0339. The number of carbonyl (C=O) groups excluding carboxylic acids is 2. The number of thioether (sulfide) groups is 1. The number of hydrogen-bond donors (Lipinski definition) is 2. The molecular weight excluding hydrogens is 320 g/mol. The van der Waals surface area contributed by atoms with Gasteiger partial charge in [-0.25, -0.2) is 0 Å². The first kappa shape index (κ1) is 16.7. The Labute approximate surface area is 137 Å². The fourth-order valence-corrected chi connectivity index (χ4v) is 4.20. The number of nitrogens with zero attached hydrogens (tertiary/aromatic N) is 2. The van der Waals surface area contributed by atoms with Gasteiger partial charge in [0.1, 0.15) is 0 Å². The molecule has 0 aromatic carbocycles. The summed E-state index contributed by atoms with van der Waals surface area (Å²) in [7, 11) is 1.78. The summed E-state index contributed by atoms with van der Waals surface area (Å²) in [6.45, 7) is 6.95. The van der Waals surface area contributed by atoms with Crippen molar-refractivity contribution in [3.8, 4) is 0 Å². The Kier molecular flexibility index (Phi) is 5.02. The lowest BCUT2D eigenvalue weighted by Crippen LogP contribution is -2.15. The van der Waals surface area contributed by atoms with Crippen LogP contribution in [0.25, 0.3) is 0 Å². The predicted molar refractivity (Wildman–Crippen MR) is 89.4 cm³/mol. The zero-order valence-electron chi connectivity index (χ0n) is 13.1. The second-order valence-electron chi connectivity index (χ2n) is 4.93. The third-order valence-corrected chi connectivity index (χ3v) is 5.43. The molecule has 0 amide bonds. The lowest BCUT2D eigenvalue weighted by atomic mass is 10.0. The molecule has 0 saturated carbocycles. The van der Waals surface area contributed by atoms with Crippen LogP contribution in [0.2, 0.25) is 0 Å². The van der Waals surface area contributed by atoms with Crippen LogP contribution in [0.4, 0.5) is 5.13 Å². The molecule has 0 bridgehead atoms. The van der Waals surface area contributed by atoms with Gasteiger partial charge in [-0.2, -0.15) is 0 Å². The molecule has 8 heteroatoms. The van der Waals surface area contributed by atoms with E-state index in [1.165, 1.54) is 30.0 Å². The quantitative estimate of drug-likeness (QED) is 0.621. The zero-order valence-corrected chi connectivity index (χ0v) is 14.7. The standard InChI is InChI=1S/C14H18N4O2S2/c1-6-10(8(3)19)7(2)16-11(6)12(20)9(4)21-14-18-17-13(15-5)22-14/h9,16H,1-5H3,(H,15,17)/t9-/m1/s1. The molecule has 6 nitrogen and oxygen atoms in total. The zero-order chi connectivity index (χ0) is 16.4. The van der Waals surface area contributed by atoms with Crippen LogP contribution in [-0.2, 0) is 0 Å². The van der Waals surface area contributed by atoms with E-state index in [2.05, 4.69) is 20.5 Å². The van der Waals surface area contributed by atoms with Gasteiger partial charge >= 0.3 is 0 Å². The lowest BCUT2D eigenvalue weighted by Gasteiger charge is -2.07. The molecule has 0 fully saturated rings. The fourth-order valence-electron chi connectivity index (χ4n) is 2.29. The van der Waals surface area contributed by atoms with E-state index in [1.807, 2.05) is 13.8 Å². The van der Waals surface area contributed by atoms with Crippen LogP contribution in [0.1, 0.15) is 46.0 Å². The highest BCUT2D eigenvalue weighted by Gasteiger charge is 2.25. The van der Waals surface area contributed by atoms with Gasteiger partial charge in [-0.15, -0.1) is 10.2 Å². The van der Waals surface area contributed by atoms with Gasteiger partial charge in [-0.1, -0.05) is 23.1 Å². The van der Waals surface area contributed by atoms with E-state index < -0.39 is 0 Å². The fraction of sp³-hybridized carbons (Fsp3) is 0.429. The molecule has 0 spiro atoms. The molecule has 0 aliphatic carbocycles. The van der Waals surface area contributed by atoms with Crippen molar-refractivity contribution < 1.29 is 9.59 Å². The van der Waals surface area contributed by atoms with Gasteiger partial charge in [0.25, 0.3) is 0 Å². The lowest BCUT2D eigenvalue weighted by molar-refractivity contribution is 0.0988. The average Bonchev–Trinajstić information content (AvgIpc) is 3.02. The summed E-state index contributed by atoms with van der Waals surface area (Å²) < 4.78 is 0.734. The van der Waals surface area contributed by atoms with Gasteiger partial charge in [0.2, 0.25) is 5.13 Å². The van der Waals surface area contributed by atoms with E-state index in [0.717, 1.165) is 15.6 Å². The Morgan fingerprint density at radius 2 is 2.00 bits per heavy atom. The summed E-state index contributed by atoms with van der Waals surface area (Å²) in [6, 6.07) is 0. The first-order valence-electron chi connectivity index (χ1n) is 6.77. The number of aromatic nitrogens is 3. The van der Waals surface area contributed by atoms with Gasteiger partial charge in [-0.3, -0.25) is 9.59 Å². The molecule has 22 heavy (non-hydrogen) atoms. The normalized spacial score (nSPS) is 12.2. The number of carbonyl (C=O) groups is 2. The third kappa shape index (κ3) is 3.22. The maximum Gasteiger partial charge on any atom is 0.206 e. The summed E-state index contributed by atoms with van der Waals surface area (Å²) in [6.07, 6.45) is 0. The van der Waals surface area contributed by atoms with E-state index in [9.17, 15) is 9.59 Å². The number of rotatable bonds is 6. The predicted octanol–water partition coefficient (Wildman–Crippen LogP) is 3.09. The Morgan fingerprint density at radius 1 is 1.32 bits per heavy atom. The molecular formula is C14H18N4O2S2. The number of hydrogen-bond acceptors (Lipinski definition) is 7. The minimum atomic E-state index is -0.311. The van der Waals surface area contributed by atoms with Crippen LogP contribution < -0.4 is 5.32 Å². The van der Waals surface area contributed by atoms with Crippen molar-refractivity contribution in [1.29, 1.82) is 0 Å². The molecule has 0 unspecified atom stereocenters. The Balaban J connectivity index is 2.20. The van der Waals surface area contributed by atoms with Crippen LogP contribution in [0.3, 0.4) is 0 Å². The van der Waals surface area contributed by atoms with E-state index >= 15 is 0 Å². The average molecular weight is 338 g/mol. The van der Waals surface area contributed by atoms with Crippen molar-refractivity contribution in [2.45, 2.75) is 37.3 Å². The summed E-state index contributed by atoms with van der Waals surface area (Å²) >= 11 is 2.77. The van der Waals surface area contributed by atoms with Gasteiger partial charge in [0, 0.05) is 18.3 Å². The summed E-state index contributed by atoms with van der Waals surface area (Å²) in [5.74, 6) is -0.0762. The van der Waals surface area contributed by atoms with Crippen LogP contribution >= 0.6 is 23.1 Å². The maximum absolute atomic E-state index is 12.6. The first-order valence-corrected chi connectivity index (χ1v) is 8.47. The van der Waals surface area contributed by atoms with Crippen molar-refractivity contribution >= 4 is 39.8 Å². The van der Waals surface area contributed by atoms with Crippen LogP contribution in [0, 0.1) is 13.8 Å². The summed E-state index contributed by atoms with van der Waals surface area (Å²) in [5, 5.41) is 11.3. The van der Waals surface area contributed by atoms with Crippen LogP contribution in [-0.4, -0.2) is 39.0 Å². The smallest absolute Gasteiger partial charge is 0.206 e. The van der Waals surface area contributed by atoms with E-state index in [4.69, 9.17) is 0 Å². The van der Waals surface area contributed by atoms with Crippen molar-refractivity contribution in [1.82, 2.24) is 15.2 Å². The number of aromatic amines is 1. The SMILES string of the molecule is CNc1nnc(S[C@H](C)C(=O)c2[nH]c(C)c(C(C)=O)c2C)s1. The number of anilines is 1. The Bertz CT molecular complexity index is 720. The highest BCUT2D eigenvalue weighted by Crippen LogP contribution is 2.31. The van der Waals surface area contributed by atoms with Crippen LogP contribution in [0.5, 0.6) is 0 Å². The Morgan fingerprint density at radius 3 is 2.50 bits per heavy atom. The molecule has 2 rings (SSSR count). The van der Waals surface area contributed by atoms with E-state index in [0.29, 0.717) is 16.4 Å². The molecule has 0 radical (unpaired) electrons. The molecule has 0 saturated heterocycles. The number of ketones is 2. The van der Waals surface area contributed by atoms with Gasteiger partial charge in [-0.05, 0) is 33.3 Å². The van der Waals surface area contributed by atoms with Crippen molar-refractivity contribution in [2.24, 2.45) is 0 Å². The number of H-pyrrole nitrogens is 1. The van der Waals surface area contributed by atoms with Crippen molar-refractivity contribution in [3.63, 3.8) is 0 Å². The molecule has 118 valence electrons. The van der Waals surface area contributed by atoms with Gasteiger partial charge in [0.05, 0.1) is 10.9 Å². The van der Waals surface area contributed by atoms with E-state index in [-0.39, 0.29) is 16.8 Å². The summed E-state index contributed by atoms with van der Waals surface area (Å²) in [4.78, 5) is 27.3. The van der Waals surface area contributed by atoms with E-state index in [1.54, 1.807) is 14.0 Å². The highest BCUT2D eigenvalue weighted by atomic mass is 32.2. The third-order valence-electron chi connectivity index (χ3n) is 3.30. The number of nitrogens with one attached hydrogen (secondary N) is 2. The van der Waals surface area contributed by atoms with Gasteiger partial charge in [0.15, 0.2) is 15.9 Å². The van der Waals surface area contributed by atoms with Gasteiger partial charge < -0.3 is 10.3 Å². The molecule has 2 N–H and O–H groups in total. The van der Waals surface area contributed by atoms with Crippen molar-refractivity contribution in [3.05, 3.63) is 22.5 Å². The largest absolute Gasteiger partial charge is 0.363 e. The maximum atomic E-state index is 12.6. The molecule has 1 atom stereocenters. The molecule has 0 aliphatic rings. The first-order chi connectivity index (χ1) is 10.3. The minimum Gasteiger partial charge on any atom is -0.363 e. The second kappa shape index (κ2) is 6.62. The number of aryl methyl sites for hydroxylation is 1. The molecule has 0 aliphatic heterocycles. The van der Waals surface area contributed by atoms with Crippen LogP contribution in [0.15, 0.2) is 4.34 Å². The second-order valence-corrected chi connectivity index (χ2v) is 7.49. The molecule has 2 heterocycles. The topological polar surface area (TPSA) is 87.7 Å².